The molecule has 106 valence electrons. The van der Waals surface area contributed by atoms with Gasteiger partial charge in [0.2, 0.25) is 0 Å². The molecule has 1 unspecified atom stereocenters. The van der Waals surface area contributed by atoms with E-state index >= 15 is 0 Å². The highest BCUT2D eigenvalue weighted by molar-refractivity contribution is 7.15. The number of anilines is 1. The average molecular weight is 281 g/mol. The lowest BCUT2D eigenvalue weighted by Gasteiger charge is -2.19. The van der Waals surface area contributed by atoms with E-state index in [1.807, 2.05) is 11.3 Å². The smallest absolute Gasteiger partial charge is 0.186 e. The summed E-state index contributed by atoms with van der Waals surface area (Å²) in [7, 11) is 1.75. The number of thiazole rings is 1. The molecule has 0 bridgehead atoms. The van der Waals surface area contributed by atoms with Crippen LogP contribution in [0.15, 0.2) is 0 Å². The van der Waals surface area contributed by atoms with Crippen LogP contribution in [0.1, 0.15) is 43.2 Å². The first-order chi connectivity index (χ1) is 9.28. The van der Waals surface area contributed by atoms with Crippen LogP contribution in [-0.2, 0) is 17.9 Å². The van der Waals surface area contributed by atoms with Crippen molar-refractivity contribution in [3.05, 3.63) is 10.6 Å². The normalized spacial score (nSPS) is 23.3. The molecule has 0 amide bonds. The lowest BCUT2D eigenvalue weighted by Crippen LogP contribution is -2.25. The summed E-state index contributed by atoms with van der Waals surface area (Å²) in [5.41, 5.74) is 1.12. The van der Waals surface area contributed by atoms with Gasteiger partial charge in [0.25, 0.3) is 0 Å². The summed E-state index contributed by atoms with van der Waals surface area (Å²) >= 11 is 1.84. The van der Waals surface area contributed by atoms with Crippen LogP contribution in [0.5, 0.6) is 0 Å². The van der Waals surface area contributed by atoms with E-state index in [1.165, 1.54) is 35.7 Å². The molecular weight excluding hydrogens is 258 g/mol. The molecule has 1 aliphatic carbocycles. The predicted octanol–water partition coefficient (Wildman–Crippen LogP) is 2.53. The molecule has 1 atom stereocenters. The minimum atomic E-state index is 0.625. The van der Waals surface area contributed by atoms with Crippen molar-refractivity contribution in [2.24, 2.45) is 0 Å². The lowest BCUT2D eigenvalue weighted by atomic mass is 10.2. The first-order valence-electron chi connectivity index (χ1n) is 7.25. The van der Waals surface area contributed by atoms with Gasteiger partial charge in [-0.05, 0) is 32.6 Å². The highest BCUT2D eigenvalue weighted by atomic mass is 32.1. The largest absolute Gasteiger partial charge is 0.378 e. The predicted molar refractivity (Wildman–Crippen MR) is 78.7 cm³/mol. The second kappa shape index (κ2) is 5.77. The molecule has 2 heterocycles. The minimum Gasteiger partial charge on any atom is -0.378 e. The van der Waals surface area contributed by atoms with Gasteiger partial charge in [0.05, 0.1) is 12.3 Å². The molecule has 0 aromatic carbocycles. The molecule has 19 heavy (non-hydrogen) atoms. The summed E-state index contributed by atoms with van der Waals surface area (Å²) in [6.07, 6.45) is 5.23. The fourth-order valence-corrected chi connectivity index (χ4v) is 3.76. The van der Waals surface area contributed by atoms with Crippen molar-refractivity contribution < 1.29 is 4.74 Å². The zero-order valence-electron chi connectivity index (χ0n) is 11.8. The van der Waals surface area contributed by atoms with Gasteiger partial charge in [-0.2, -0.15) is 0 Å². The van der Waals surface area contributed by atoms with Crippen molar-refractivity contribution in [2.75, 3.05) is 18.6 Å². The Morgan fingerprint density at radius 2 is 2.26 bits per heavy atom. The van der Waals surface area contributed by atoms with Crippen LogP contribution in [0.2, 0.25) is 0 Å². The summed E-state index contributed by atoms with van der Waals surface area (Å²) in [6.45, 7) is 5.02. The third kappa shape index (κ3) is 3.09. The standard InChI is InChI=1S/C14H23N3OS/c1-10-4-3-7-17(10)14-16-12(9-18-2)13(19-14)8-15-11-5-6-11/h10-11,15H,3-9H2,1-2H3. The van der Waals surface area contributed by atoms with Crippen molar-refractivity contribution in [1.29, 1.82) is 0 Å². The maximum Gasteiger partial charge on any atom is 0.186 e. The second-order valence-electron chi connectivity index (χ2n) is 5.64. The van der Waals surface area contributed by atoms with Gasteiger partial charge in [-0.15, -0.1) is 11.3 Å². The SMILES string of the molecule is COCc1nc(N2CCCC2C)sc1CNC1CC1. The maximum atomic E-state index is 5.29. The first-order valence-corrected chi connectivity index (χ1v) is 8.07. The van der Waals surface area contributed by atoms with Crippen LogP contribution in [-0.4, -0.2) is 30.7 Å². The Hall–Kier alpha value is -0.650. The number of nitrogens with one attached hydrogen (secondary N) is 1. The van der Waals surface area contributed by atoms with E-state index < -0.39 is 0 Å². The van der Waals surface area contributed by atoms with Gasteiger partial charge < -0.3 is 15.0 Å². The molecule has 1 aromatic rings. The molecular formula is C14H23N3OS. The van der Waals surface area contributed by atoms with Gasteiger partial charge in [-0.1, -0.05) is 0 Å². The Morgan fingerprint density at radius 3 is 2.89 bits per heavy atom. The van der Waals surface area contributed by atoms with E-state index in [1.54, 1.807) is 7.11 Å². The van der Waals surface area contributed by atoms with Gasteiger partial charge in [0.1, 0.15) is 0 Å². The number of rotatable bonds is 6. The fraction of sp³-hybridized carbons (Fsp3) is 0.786. The van der Waals surface area contributed by atoms with Gasteiger partial charge in [0, 0.05) is 37.2 Å². The monoisotopic (exact) mass is 281 g/mol. The number of methoxy groups -OCH3 is 1. The van der Waals surface area contributed by atoms with E-state index in [0.717, 1.165) is 24.8 Å². The average Bonchev–Trinajstić information content (AvgIpc) is 3.00. The van der Waals surface area contributed by atoms with E-state index in [0.29, 0.717) is 12.6 Å². The summed E-state index contributed by atoms with van der Waals surface area (Å²) in [5, 5.41) is 4.77. The molecule has 2 fully saturated rings. The Balaban J connectivity index is 1.74. The van der Waals surface area contributed by atoms with Crippen LogP contribution in [0.3, 0.4) is 0 Å². The number of ether oxygens (including phenoxy) is 1. The number of hydrogen-bond donors (Lipinski definition) is 1. The second-order valence-corrected chi connectivity index (χ2v) is 6.70. The molecule has 1 saturated carbocycles. The van der Waals surface area contributed by atoms with Gasteiger partial charge in [0.15, 0.2) is 5.13 Å². The van der Waals surface area contributed by atoms with Crippen molar-refractivity contribution >= 4 is 16.5 Å². The van der Waals surface area contributed by atoms with E-state index in [2.05, 4.69) is 17.1 Å². The van der Waals surface area contributed by atoms with Crippen LogP contribution >= 0.6 is 11.3 Å². The minimum absolute atomic E-state index is 0.625. The maximum absolute atomic E-state index is 5.29. The molecule has 1 aliphatic heterocycles. The Bertz CT molecular complexity index is 430. The van der Waals surface area contributed by atoms with Crippen LogP contribution in [0.25, 0.3) is 0 Å². The van der Waals surface area contributed by atoms with E-state index in [-0.39, 0.29) is 0 Å². The molecule has 0 spiro atoms. The lowest BCUT2D eigenvalue weighted by molar-refractivity contribution is 0.181. The van der Waals surface area contributed by atoms with Crippen LogP contribution < -0.4 is 10.2 Å². The third-order valence-electron chi connectivity index (χ3n) is 3.98. The molecule has 1 aromatic heterocycles. The summed E-state index contributed by atoms with van der Waals surface area (Å²) in [6, 6.07) is 1.37. The Labute approximate surface area is 119 Å². The van der Waals surface area contributed by atoms with Crippen molar-refractivity contribution in [3.8, 4) is 0 Å². The van der Waals surface area contributed by atoms with E-state index in [9.17, 15) is 0 Å². The van der Waals surface area contributed by atoms with Crippen LogP contribution in [0.4, 0.5) is 5.13 Å². The first kappa shape index (κ1) is 13.3. The van der Waals surface area contributed by atoms with Gasteiger partial charge in [-0.3, -0.25) is 0 Å². The summed E-state index contributed by atoms with van der Waals surface area (Å²) in [5.74, 6) is 0. The van der Waals surface area contributed by atoms with Crippen molar-refractivity contribution in [1.82, 2.24) is 10.3 Å². The third-order valence-corrected chi connectivity index (χ3v) is 5.11. The highest BCUT2D eigenvalue weighted by Gasteiger charge is 2.26. The molecule has 3 rings (SSSR count). The molecule has 2 aliphatic rings. The molecule has 4 nitrogen and oxygen atoms in total. The molecule has 0 radical (unpaired) electrons. The fourth-order valence-electron chi connectivity index (χ4n) is 2.62. The van der Waals surface area contributed by atoms with Gasteiger partial charge in [-0.25, -0.2) is 4.98 Å². The topological polar surface area (TPSA) is 37.4 Å². The number of nitrogens with zero attached hydrogens (tertiary/aromatic N) is 2. The zero-order chi connectivity index (χ0) is 13.2. The number of hydrogen-bond acceptors (Lipinski definition) is 5. The van der Waals surface area contributed by atoms with Crippen molar-refractivity contribution in [2.45, 2.75) is 57.8 Å². The van der Waals surface area contributed by atoms with Crippen molar-refractivity contribution in [3.63, 3.8) is 0 Å². The Kier molecular flexibility index (Phi) is 4.05. The van der Waals surface area contributed by atoms with Crippen LogP contribution in [0, 0.1) is 0 Å². The summed E-state index contributed by atoms with van der Waals surface area (Å²) < 4.78 is 5.29. The number of aromatic nitrogens is 1. The van der Waals surface area contributed by atoms with Gasteiger partial charge >= 0.3 is 0 Å². The highest BCUT2D eigenvalue weighted by Crippen LogP contribution is 2.32. The molecule has 1 saturated heterocycles. The van der Waals surface area contributed by atoms with E-state index in [4.69, 9.17) is 9.72 Å². The Morgan fingerprint density at radius 1 is 1.42 bits per heavy atom. The molecule has 5 heteroatoms. The summed E-state index contributed by atoms with van der Waals surface area (Å²) in [4.78, 5) is 8.61. The quantitative estimate of drug-likeness (QED) is 0.869. The zero-order valence-corrected chi connectivity index (χ0v) is 12.6. The molecule has 1 N–H and O–H groups in total.